The minimum Gasteiger partial charge on any atom is -0.462 e. The van der Waals surface area contributed by atoms with Gasteiger partial charge in [0.25, 0.3) is 5.69 Å². The second-order valence-corrected chi connectivity index (χ2v) is 6.62. The number of ether oxygens (including phenoxy) is 1. The minimum absolute atomic E-state index is 0.130. The molecule has 0 fully saturated rings. The summed E-state index contributed by atoms with van der Waals surface area (Å²) in [6.45, 7) is 1.83. The molecule has 0 radical (unpaired) electrons. The molecule has 0 spiro atoms. The highest BCUT2D eigenvalue weighted by atomic mass is 16.6. The van der Waals surface area contributed by atoms with Crippen LogP contribution >= 0.6 is 0 Å². The van der Waals surface area contributed by atoms with Crippen molar-refractivity contribution in [2.45, 2.75) is 6.92 Å². The lowest BCUT2D eigenvalue weighted by molar-refractivity contribution is -0.384. The summed E-state index contributed by atoms with van der Waals surface area (Å²) < 4.78 is 6.98. The number of ketones is 1. The molecule has 0 N–H and O–H groups in total. The number of hydrogen-bond donors (Lipinski definition) is 0. The number of aromatic nitrogens is 2. The van der Waals surface area contributed by atoms with E-state index in [1.807, 2.05) is 0 Å². The molecule has 8 heteroatoms. The molecule has 0 aliphatic carbocycles. The number of carbonyl (C=O) groups is 2. The van der Waals surface area contributed by atoms with E-state index < -0.39 is 16.7 Å². The number of nitro benzene ring substituents is 1. The van der Waals surface area contributed by atoms with E-state index in [0.717, 1.165) is 0 Å². The van der Waals surface area contributed by atoms with Crippen LogP contribution in [0.4, 0.5) is 5.69 Å². The van der Waals surface area contributed by atoms with Gasteiger partial charge in [0.1, 0.15) is 0 Å². The number of carbonyl (C=O) groups excluding carboxylic acids is 2. The van der Waals surface area contributed by atoms with Crippen molar-refractivity contribution in [3.63, 3.8) is 0 Å². The molecule has 1 aromatic carbocycles. The van der Waals surface area contributed by atoms with E-state index in [0.29, 0.717) is 16.9 Å². The van der Waals surface area contributed by atoms with Gasteiger partial charge in [0, 0.05) is 30.1 Å². The second-order valence-electron chi connectivity index (χ2n) is 6.62. The number of rotatable bonds is 6. The molecule has 4 rings (SSSR count). The maximum Gasteiger partial charge on any atom is 0.341 e. The standard InChI is InChI=1S/C23H17N3O5/c1-2-31-23(28)19-18-8-4-6-14-25(18)21(17-7-3-5-13-24-17)20(19)22(27)15-9-11-16(12-10-15)26(29)30/h3-14H,2H2,1H3. The molecule has 8 nitrogen and oxygen atoms in total. The van der Waals surface area contributed by atoms with Gasteiger partial charge in [0.15, 0.2) is 5.78 Å². The Morgan fingerprint density at radius 1 is 1.03 bits per heavy atom. The first kappa shape index (κ1) is 20.0. The molecule has 154 valence electrons. The van der Waals surface area contributed by atoms with Crippen molar-refractivity contribution >= 4 is 23.0 Å². The van der Waals surface area contributed by atoms with Gasteiger partial charge in [-0.05, 0) is 43.3 Å². The van der Waals surface area contributed by atoms with Crippen LogP contribution in [-0.4, -0.2) is 32.7 Å². The summed E-state index contributed by atoms with van der Waals surface area (Å²) in [4.78, 5) is 41.3. The number of esters is 1. The summed E-state index contributed by atoms with van der Waals surface area (Å²) in [5.41, 5.74) is 1.81. The van der Waals surface area contributed by atoms with Gasteiger partial charge in [-0.25, -0.2) is 4.79 Å². The second kappa shape index (κ2) is 8.19. The fourth-order valence-corrected chi connectivity index (χ4v) is 3.47. The highest BCUT2D eigenvalue weighted by Gasteiger charge is 2.30. The molecule has 0 saturated carbocycles. The summed E-state index contributed by atoms with van der Waals surface area (Å²) >= 11 is 0. The van der Waals surface area contributed by atoms with Crippen LogP contribution in [0.25, 0.3) is 16.9 Å². The molecule has 4 aromatic rings. The molecule has 0 bridgehead atoms. The van der Waals surface area contributed by atoms with Gasteiger partial charge >= 0.3 is 5.97 Å². The number of benzene rings is 1. The van der Waals surface area contributed by atoms with Crippen LogP contribution in [0.15, 0.2) is 73.1 Å². The molecule has 31 heavy (non-hydrogen) atoms. The average molecular weight is 415 g/mol. The van der Waals surface area contributed by atoms with Crippen LogP contribution in [-0.2, 0) is 4.74 Å². The monoisotopic (exact) mass is 415 g/mol. The zero-order valence-electron chi connectivity index (χ0n) is 16.5. The Balaban J connectivity index is 2.02. The molecular formula is C23H17N3O5. The van der Waals surface area contributed by atoms with Crippen LogP contribution in [0.5, 0.6) is 0 Å². The first-order chi connectivity index (χ1) is 15.0. The molecule has 0 aliphatic rings. The predicted molar refractivity (Wildman–Crippen MR) is 113 cm³/mol. The zero-order chi connectivity index (χ0) is 22.0. The lowest BCUT2D eigenvalue weighted by atomic mass is 9.97. The summed E-state index contributed by atoms with van der Waals surface area (Å²) in [7, 11) is 0. The van der Waals surface area contributed by atoms with E-state index in [1.54, 1.807) is 60.1 Å². The average Bonchev–Trinajstić information content (AvgIpc) is 3.14. The maximum atomic E-state index is 13.6. The molecule has 0 amide bonds. The highest BCUT2D eigenvalue weighted by molar-refractivity contribution is 6.20. The van der Waals surface area contributed by atoms with Crippen LogP contribution in [0.3, 0.4) is 0 Å². The highest BCUT2D eigenvalue weighted by Crippen LogP contribution is 2.33. The largest absolute Gasteiger partial charge is 0.462 e. The third-order valence-electron chi connectivity index (χ3n) is 4.80. The first-order valence-electron chi connectivity index (χ1n) is 9.53. The minimum atomic E-state index is -0.626. The summed E-state index contributed by atoms with van der Waals surface area (Å²) in [6, 6.07) is 15.8. The van der Waals surface area contributed by atoms with Crippen LogP contribution in [0, 0.1) is 10.1 Å². The number of pyridine rings is 2. The fraction of sp³-hybridized carbons (Fsp3) is 0.0870. The Bertz CT molecular complexity index is 1290. The Morgan fingerprint density at radius 2 is 1.77 bits per heavy atom. The SMILES string of the molecule is CCOC(=O)c1c(C(=O)c2ccc([N+](=O)[O-])cc2)c(-c2ccccn2)n2ccccc12. The summed E-state index contributed by atoms with van der Waals surface area (Å²) in [6.07, 6.45) is 3.34. The van der Waals surface area contributed by atoms with Crippen molar-refractivity contribution in [1.29, 1.82) is 0 Å². The molecule has 3 aromatic heterocycles. The normalized spacial score (nSPS) is 10.7. The van der Waals surface area contributed by atoms with Crippen molar-refractivity contribution < 1.29 is 19.2 Å². The zero-order valence-corrected chi connectivity index (χ0v) is 16.5. The molecule has 0 unspecified atom stereocenters. The first-order valence-corrected chi connectivity index (χ1v) is 9.53. The van der Waals surface area contributed by atoms with E-state index in [4.69, 9.17) is 4.74 Å². The van der Waals surface area contributed by atoms with Crippen LogP contribution in [0.2, 0.25) is 0 Å². The quantitative estimate of drug-likeness (QED) is 0.201. The molecule has 3 heterocycles. The van der Waals surface area contributed by atoms with Gasteiger partial charge in [-0.3, -0.25) is 19.9 Å². The third kappa shape index (κ3) is 3.55. The molecule has 0 atom stereocenters. The lowest BCUT2D eigenvalue weighted by Gasteiger charge is -2.07. The molecule has 0 aliphatic heterocycles. The van der Waals surface area contributed by atoms with Crippen molar-refractivity contribution in [1.82, 2.24) is 9.38 Å². The summed E-state index contributed by atoms with van der Waals surface area (Å²) in [5.74, 6) is -1.08. The van der Waals surface area contributed by atoms with Gasteiger partial charge in [-0.15, -0.1) is 0 Å². The van der Waals surface area contributed by atoms with Crippen molar-refractivity contribution in [2.75, 3.05) is 6.61 Å². The van der Waals surface area contributed by atoms with Crippen molar-refractivity contribution in [3.05, 3.63) is 99.9 Å². The van der Waals surface area contributed by atoms with Gasteiger partial charge < -0.3 is 9.14 Å². The van der Waals surface area contributed by atoms with Crippen LogP contribution in [0.1, 0.15) is 33.2 Å². The number of nitrogens with zero attached hydrogens (tertiary/aromatic N) is 3. The Hall–Kier alpha value is -4.33. The Morgan fingerprint density at radius 3 is 2.42 bits per heavy atom. The van der Waals surface area contributed by atoms with Gasteiger partial charge in [0.2, 0.25) is 0 Å². The van der Waals surface area contributed by atoms with Gasteiger partial charge in [-0.2, -0.15) is 0 Å². The lowest BCUT2D eigenvalue weighted by Crippen LogP contribution is -2.12. The number of non-ortho nitro benzene ring substituents is 1. The smallest absolute Gasteiger partial charge is 0.341 e. The predicted octanol–water partition coefficient (Wildman–Crippen LogP) is 4.32. The van der Waals surface area contributed by atoms with Crippen molar-refractivity contribution in [3.8, 4) is 11.4 Å². The van der Waals surface area contributed by atoms with E-state index in [-0.39, 0.29) is 29.0 Å². The fourth-order valence-electron chi connectivity index (χ4n) is 3.47. The Labute approximate surface area is 176 Å². The van der Waals surface area contributed by atoms with Crippen molar-refractivity contribution in [2.24, 2.45) is 0 Å². The Kier molecular flexibility index (Phi) is 5.28. The molecule has 0 saturated heterocycles. The van der Waals surface area contributed by atoms with E-state index in [9.17, 15) is 19.7 Å². The van der Waals surface area contributed by atoms with Gasteiger partial charge in [0.05, 0.1) is 39.6 Å². The maximum absolute atomic E-state index is 13.6. The van der Waals surface area contributed by atoms with E-state index >= 15 is 0 Å². The summed E-state index contributed by atoms with van der Waals surface area (Å²) in [5, 5.41) is 11.0. The topological polar surface area (TPSA) is 104 Å². The number of fused-ring (bicyclic) bond motifs is 1. The third-order valence-corrected chi connectivity index (χ3v) is 4.80. The van der Waals surface area contributed by atoms with Crippen LogP contribution < -0.4 is 0 Å². The number of nitro groups is 1. The van der Waals surface area contributed by atoms with Gasteiger partial charge in [-0.1, -0.05) is 12.1 Å². The number of hydrogen-bond acceptors (Lipinski definition) is 6. The van der Waals surface area contributed by atoms with E-state index in [2.05, 4.69) is 4.98 Å². The van der Waals surface area contributed by atoms with E-state index in [1.165, 1.54) is 24.3 Å². The molecular weight excluding hydrogens is 398 g/mol.